The van der Waals surface area contributed by atoms with E-state index in [1.807, 2.05) is 12.1 Å². The molecule has 28 heavy (non-hydrogen) atoms. The Labute approximate surface area is 163 Å². The highest BCUT2D eigenvalue weighted by molar-refractivity contribution is 5.99. The zero-order chi connectivity index (χ0) is 20.3. The molecular formula is C20H24N4O4. The molecule has 1 fully saturated rings. The lowest BCUT2D eigenvalue weighted by Crippen LogP contribution is -2.27. The highest BCUT2D eigenvalue weighted by Gasteiger charge is 2.28. The van der Waals surface area contributed by atoms with Crippen LogP contribution in [0.25, 0.3) is 0 Å². The Morgan fingerprint density at radius 1 is 1.36 bits per heavy atom. The Kier molecular flexibility index (Phi) is 5.79. The molecule has 2 aromatic rings. The van der Waals surface area contributed by atoms with Crippen molar-refractivity contribution in [1.29, 1.82) is 0 Å². The number of hydrogen-bond donors (Lipinski definition) is 1. The maximum Gasteiger partial charge on any atom is 0.311 e. The Balaban J connectivity index is 1.91. The molecule has 2 N–H and O–H groups in total. The fourth-order valence-corrected chi connectivity index (χ4v) is 3.20. The predicted molar refractivity (Wildman–Crippen MR) is 108 cm³/mol. The number of rotatable bonds is 8. The summed E-state index contributed by atoms with van der Waals surface area (Å²) in [5.74, 6) is 6.68. The SMILES string of the molecule is CO/N=C(\C)c1ccc(OCc2c(C3CC3)cccc2N(C)N)c([N+](=O)[O-])c1. The summed E-state index contributed by atoms with van der Waals surface area (Å²) in [4.78, 5) is 15.8. The molecule has 0 amide bonds. The zero-order valence-electron chi connectivity index (χ0n) is 16.2. The average molecular weight is 384 g/mol. The first kappa shape index (κ1) is 19.6. The topological polar surface area (TPSA) is 103 Å². The molecule has 0 heterocycles. The fraction of sp³-hybridized carbons (Fsp3) is 0.350. The molecule has 0 aromatic heterocycles. The molecule has 0 saturated heterocycles. The van der Waals surface area contributed by atoms with Crippen LogP contribution in [0.3, 0.4) is 0 Å². The van der Waals surface area contributed by atoms with Crippen molar-refractivity contribution in [2.45, 2.75) is 32.3 Å². The van der Waals surface area contributed by atoms with Gasteiger partial charge in [0.15, 0.2) is 5.75 Å². The highest BCUT2D eigenvalue weighted by atomic mass is 16.6. The van der Waals surface area contributed by atoms with E-state index in [9.17, 15) is 10.1 Å². The van der Waals surface area contributed by atoms with Gasteiger partial charge in [0.2, 0.25) is 0 Å². The van der Waals surface area contributed by atoms with Crippen LogP contribution < -0.4 is 15.6 Å². The number of hydrazine groups is 1. The van der Waals surface area contributed by atoms with Gasteiger partial charge in [-0.3, -0.25) is 10.1 Å². The zero-order valence-corrected chi connectivity index (χ0v) is 16.2. The molecular weight excluding hydrogens is 360 g/mol. The van der Waals surface area contributed by atoms with Gasteiger partial charge in [-0.2, -0.15) is 0 Å². The standard InChI is InChI=1S/C20H24N4O4/c1-13(22-27-3)15-9-10-20(19(11-15)24(25)26)28-12-17-16(14-7-8-14)5-4-6-18(17)23(2)21/h4-6,9-11,14H,7-8,12,21H2,1-3H3/b22-13+. The summed E-state index contributed by atoms with van der Waals surface area (Å²) in [6.45, 7) is 1.92. The maximum atomic E-state index is 11.6. The number of nitrogens with two attached hydrogens (primary N) is 1. The minimum Gasteiger partial charge on any atom is -0.482 e. The Bertz CT molecular complexity index is 887. The van der Waals surface area contributed by atoms with E-state index < -0.39 is 4.92 Å². The summed E-state index contributed by atoms with van der Waals surface area (Å²) in [6.07, 6.45) is 2.27. The van der Waals surface area contributed by atoms with Crippen LogP contribution in [0.2, 0.25) is 0 Å². The van der Waals surface area contributed by atoms with E-state index in [0.717, 1.165) is 24.1 Å². The van der Waals surface area contributed by atoms with Crippen molar-refractivity contribution < 1.29 is 14.5 Å². The van der Waals surface area contributed by atoms with Crippen LogP contribution in [0, 0.1) is 10.1 Å². The van der Waals surface area contributed by atoms with Crippen LogP contribution in [0.1, 0.15) is 42.4 Å². The van der Waals surface area contributed by atoms with E-state index in [1.54, 1.807) is 31.1 Å². The summed E-state index contributed by atoms with van der Waals surface area (Å²) in [7, 11) is 3.20. The molecule has 0 aliphatic heterocycles. The fourth-order valence-electron chi connectivity index (χ4n) is 3.20. The molecule has 0 radical (unpaired) electrons. The smallest absolute Gasteiger partial charge is 0.311 e. The molecule has 0 unspecified atom stereocenters. The highest BCUT2D eigenvalue weighted by Crippen LogP contribution is 2.44. The van der Waals surface area contributed by atoms with E-state index in [-0.39, 0.29) is 18.0 Å². The molecule has 1 saturated carbocycles. The third kappa shape index (κ3) is 4.23. The third-order valence-electron chi connectivity index (χ3n) is 4.76. The van der Waals surface area contributed by atoms with Gasteiger partial charge >= 0.3 is 5.69 Å². The lowest BCUT2D eigenvalue weighted by atomic mass is 10.0. The van der Waals surface area contributed by atoms with E-state index in [0.29, 0.717) is 17.2 Å². The normalized spacial score (nSPS) is 13.9. The lowest BCUT2D eigenvalue weighted by Gasteiger charge is -2.20. The molecule has 8 nitrogen and oxygen atoms in total. The van der Waals surface area contributed by atoms with Crippen LogP contribution in [0.5, 0.6) is 5.75 Å². The van der Waals surface area contributed by atoms with E-state index in [4.69, 9.17) is 15.4 Å². The van der Waals surface area contributed by atoms with Crippen LogP contribution in [-0.2, 0) is 11.4 Å². The first-order chi connectivity index (χ1) is 13.4. The minimum absolute atomic E-state index is 0.116. The second-order valence-electron chi connectivity index (χ2n) is 6.82. The van der Waals surface area contributed by atoms with Crippen molar-refractivity contribution in [2.75, 3.05) is 19.2 Å². The molecule has 0 bridgehead atoms. The number of nitro benzene ring substituents is 1. The number of hydrogen-bond acceptors (Lipinski definition) is 7. The number of ether oxygens (including phenoxy) is 1. The second kappa shape index (κ2) is 8.26. The van der Waals surface area contributed by atoms with Crippen molar-refractivity contribution in [1.82, 2.24) is 0 Å². The first-order valence-corrected chi connectivity index (χ1v) is 9.02. The first-order valence-electron chi connectivity index (χ1n) is 9.02. The van der Waals surface area contributed by atoms with Crippen molar-refractivity contribution in [3.8, 4) is 5.75 Å². The van der Waals surface area contributed by atoms with Crippen molar-refractivity contribution >= 4 is 17.1 Å². The number of nitrogens with zero attached hydrogens (tertiary/aromatic N) is 3. The Morgan fingerprint density at radius 2 is 2.11 bits per heavy atom. The van der Waals surface area contributed by atoms with Gasteiger partial charge in [0, 0.05) is 24.2 Å². The monoisotopic (exact) mass is 384 g/mol. The molecule has 1 aliphatic carbocycles. The molecule has 3 rings (SSSR count). The van der Waals surface area contributed by atoms with Gasteiger partial charge in [-0.25, -0.2) is 5.84 Å². The summed E-state index contributed by atoms with van der Waals surface area (Å²) >= 11 is 0. The van der Waals surface area contributed by atoms with Crippen molar-refractivity contribution in [2.24, 2.45) is 11.0 Å². The van der Waals surface area contributed by atoms with E-state index in [1.165, 1.54) is 18.7 Å². The van der Waals surface area contributed by atoms with Gasteiger partial charge in [0.25, 0.3) is 0 Å². The number of oxime groups is 1. The van der Waals surface area contributed by atoms with E-state index in [2.05, 4.69) is 11.2 Å². The molecule has 0 spiro atoms. The van der Waals surface area contributed by atoms with Crippen LogP contribution in [0.4, 0.5) is 11.4 Å². The predicted octanol–water partition coefficient (Wildman–Crippen LogP) is 3.73. The van der Waals surface area contributed by atoms with Gasteiger partial charge in [0.1, 0.15) is 13.7 Å². The molecule has 2 aromatic carbocycles. The Morgan fingerprint density at radius 3 is 2.71 bits per heavy atom. The molecule has 1 aliphatic rings. The van der Waals surface area contributed by atoms with Gasteiger partial charge in [-0.1, -0.05) is 17.3 Å². The van der Waals surface area contributed by atoms with Crippen LogP contribution in [0.15, 0.2) is 41.6 Å². The number of nitro groups is 1. The summed E-state index contributed by atoms with van der Waals surface area (Å²) in [5, 5.41) is 16.9. The summed E-state index contributed by atoms with van der Waals surface area (Å²) < 4.78 is 5.89. The van der Waals surface area contributed by atoms with E-state index >= 15 is 0 Å². The number of anilines is 1. The third-order valence-corrected chi connectivity index (χ3v) is 4.76. The minimum atomic E-state index is -0.457. The molecule has 8 heteroatoms. The maximum absolute atomic E-state index is 11.6. The van der Waals surface area contributed by atoms with Crippen LogP contribution in [-0.4, -0.2) is 24.8 Å². The quantitative estimate of drug-likeness (QED) is 0.322. The van der Waals surface area contributed by atoms with Crippen molar-refractivity contribution in [3.05, 3.63) is 63.2 Å². The lowest BCUT2D eigenvalue weighted by molar-refractivity contribution is -0.386. The molecule has 148 valence electrons. The second-order valence-corrected chi connectivity index (χ2v) is 6.82. The van der Waals surface area contributed by atoms with Crippen LogP contribution >= 0.6 is 0 Å². The largest absolute Gasteiger partial charge is 0.482 e. The Hall–Kier alpha value is -3.13. The van der Waals surface area contributed by atoms with Gasteiger partial charge in [-0.05, 0) is 49.4 Å². The van der Waals surface area contributed by atoms with Gasteiger partial charge < -0.3 is 14.6 Å². The summed E-state index contributed by atoms with van der Waals surface area (Å²) in [6, 6.07) is 10.7. The average Bonchev–Trinajstić information content (AvgIpc) is 3.51. The van der Waals surface area contributed by atoms with Gasteiger partial charge in [0.05, 0.1) is 16.3 Å². The van der Waals surface area contributed by atoms with Crippen molar-refractivity contribution in [3.63, 3.8) is 0 Å². The molecule has 0 atom stereocenters. The van der Waals surface area contributed by atoms with Gasteiger partial charge in [-0.15, -0.1) is 0 Å². The number of benzene rings is 2. The summed E-state index contributed by atoms with van der Waals surface area (Å²) in [5.41, 5.74) is 4.04.